The van der Waals surface area contributed by atoms with Gasteiger partial charge < -0.3 is 10.2 Å². The molecule has 1 N–H and O–H groups in total. The number of fused-ring (bicyclic) bond motifs is 1. The van der Waals surface area contributed by atoms with Gasteiger partial charge in [-0.1, -0.05) is 40.2 Å². The fourth-order valence-electron chi connectivity index (χ4n) is 2.90. The Labute approximate surface area is 143 Å². The van der Waals surface area contributed by atoms with Crippen molar-refractivity contribution in [3.8, 4) is 0 Å². The maximum atomic E-state index is 12.9. The normalized spacial score (nSPS) is 16.6. The lowest BCUT2D eigenvalue weighted by atomic mass is 9.93. The summed E-state index contributed by atoms with van der Waals surface area (Å²) >= 11 is 3.37. The minimum atomic E-state index is -0.481. The largest absolute Gasteiger partial charge is 0.357 e. The van der Waals surface area contributed by atoms with E-state index in [4.69, 9.17) is 0 Å². The molecule has 1 atom stereocenters. The fourth-order valence-corrected chi connectivity index (χ4v) is 3.16. The molecule has 0 fully saturated rings. The van der Waals surface area contributed by atoms with Crippen LogP contribution in [0.3, 0.4) is 0 Å². The quantitative estimate of drug-likeness (QED) is 0.880. The van der Waals surface area contributed by atoms with Crippen LogP contribution in [0.2, 0.25) is 0 Å². The van der Waals surface area contributed by atoms with Gasteiger partial charge in [-0.2, -0.15) is 0 Å². The highest BCUT2D eigenvalue weighted by atomic mass is 79.9. The molecule has 1 heterocycles. The first-order chi connectivity index (χ1) is 11.1. The second-order valence-corrected chi connectivity index (χ2v) is 6.46. The van der Waals surface area contributed by atoms with Gasteiger partial charge in [0, 0.05) is 30.0 Å². The Balaban J connectivity index is 1.95. The van der Waals surface area contributed by atoms with Crippen LogP contribution in [0.25, 0.3) is 0 Å². The molecule has 1 aliphatic heterocycles. The van der Waals surface area contributed by atoms with Crippen LogP contribution in [0.15, 0.2) is 53.0 Å². The van der Waals surface area contributed by atoms with Crippen molar-refractivity contribution in [2.24, 2.45) is 0 Å². The third-order valence-electron chi connectivity index (χ3n) is 4.15. The number of halogens is 1. The number of carbonyl (C=O) groups excluding carboxylic acids is 2. The van der Waals surface area contributed by atoms with Gasteiger partial charge in [0.2, 0.25) is 5.91 Å². The Kier molecular flexibility index (Phi) is 4.48. The first kappa shape index (κ1) is 15.7. The summed E-state index contributed by atoms with van der Waals surface area (Å²) in [5.74, 6) is -0.259. The molecule has 0 unspecified atom stereocenters. The van der Waals surface area contributed by atoms with Crippen molar-refractivity contribution >= 4 is 27.7 Å². The lowest BCUT2D eigenvalue weighted by Crippen LogP contribution is -2.51. The molecule has 118 valence electrons. The van der Waals surface area contributed by atoms with Crippen LogP contribution < -0.4 is 5.32 Å². The van der Waals surface area contributed by atoms with Crippen molar-refractivity contribution in [2.45, 2.75) is 19.0 Å². The van der Waals surface area contributed by atoms with Gasteiger partial charge in [-0.05, 0) is 35.4 Å². The van der Waals surface area contributed by atoms with Gasteiger partial charge in [-0.3, -0.25) is 9.59 Å². The molecule has 5 heteroatoms. The molecule has 0 aromatic heterocycles. The summed E-state index contributed by atoms with van der Waals surface area (Å²) < 4.78 is 0.917. The molecule has 2 amide bonds. The SMILES string of the molecule is CNC(=O)[C@H]1Cc2ccccc2CN1C(=O)c1ccc(Br)cc1. The van der Waals surface area contributed by atoms with E-state index in [-0.39, 0.29) is 11.8 Å². The molecule has 0 saturated carbocycles. The van der Waals surface area contributed by atoms with Gasteiger partial charge >= 0.3 is 0 Å². The highest BCUT2D eigenvalue weighted by Crippen LogP contribution is 2.25. The zero-order valence-electron chi connectivity index (χ0n) is 12.8. The molecule has 2 aromatic rings. The second-order valence-electron chi connectivity index (χ2n) is 5.54. The number of likely N-dealkylation sites (N-methyl/N-ethyl adjacent to an activating group) is 1. The molecular weight excluding hydrogens is 356 g/mol. The topological polar surface area (TPSA) is 49.4 Å². The van der Waals surface area contributed by atoms with Crippen molar-refractivity contribution in [1.29, 1.82) is 0 Å². The lowest BCUT2D eigenvalue weighted by Gasteiger charge is -2.35. The van der Waals surface area contributed by atoms with Crippen LogP contribution in [0.4, 0.5) is 0 Å². The Hall–Kier alpha value is -2.14. The van der Waals surface area contributed by atoms with E-state index in [1.165, 1.54) is 0 Å². The van der Waals surface area contributed by atoms with Crippen molar-refractivity contribution in [3.63, 3.8) is 0 Å². The molecule has 4 nitrogen and oxygen atoms in total. The van der Waals surface area contributed by atoms with Gasteiger partial charge in [-0.15, -0.1) is 0 Å². The summed E-state index contributed by atoms with van der Waals surface area (Å²) in [6.07, 6.45) is 0.540. The Bertz CT molecular complexity index is 743. The third-order valence-corrected chi connectivity index (χ3v) is 4.68. The van der Waals surface area contributed by atoms with E-state index >= 15 is 0 Å². The summed E-state index contributed by atoms with van der Waals surface area (Å²) in [5, 5.41) is 2.67. The lowest BCUT2D eigenvalue weighted by molar-refractivity contribution is -0.125. The molecule has 0 radical (unpaired) electrons. The number of benzene rings is 2. The van der Waals surface area contributed by atoms with Crippen molar-refractivity contribution in [3.05, 3.63) is 69.7 Å². The van der Waals surface area contributed by atoms with E-state index < -0.39 is 6.04 Å². The third kappa shape index (κ3) is 3.15. The molecular formula is C18H17BrN2O2. The van der Waals surface area contributed by atoms with Gasteiger partial charge in [-0.25, -0.2) is 0 Å². The molecule has 23 heavy (non-hydrogen) atoms. The van der Waals surface area contributed by atoms with E-state index in [0.717, 1.165) is 15.6 Å². The van der Waals surface area contributed by atoms with Gasteiger partial charge in [0.05, 0.1) is 0 Å². The van der Waals surface area contributed by atoms with Crippen molar-refractivity contribution in [1.82, 2.24) is 10.2 Å². The highest BCUT2D eigenvalue weighted by Gasteiger charge is 2.34. The van der Waals surface area contributed by atoms with Crippen LogP contribution >= 0.6 is 15.9 Å². The number of amides is 2. The maximum absolute atomic E-state index is 12.9. The van der Waals surface area contributed by atoms with Gasteiger partial charge in [0.1, 0.15) is 6.04 Å². The number of nitrogens with zero attached hydrogens (tertiary/aromatic N) is 1. The van der Waals surface area contributed by atoms with Crippen LogP contribution in [0.1, 0.15) is 21.5 Å². The zero-order valence-corrected chi connectivity index (χ0v) is 14.3. The molecule has 0 spiro atoms. The maximum Gasteiger partial charge on any atom is 0.254 e. The van der Waals surface area contributed by atoms with E-state index in [1.807, 2.05) is 36.4 Å². The minimum absolute atomic E-state index is 0.124. The summed E-state index contributed by atoms with van der Waals surface area (Å²) in [6.45, 7) is 0.448. The summed E-state index contributed by atoms with van der Waals surface area (Å²) in [6, 6.07) is 14.7. The number of hydrogen-bond acceptors (Lipinski definition) is 2. The average Bonchev–Trinajstić information content (AvgIpc) is 2.60. The van der Waals surface area contributed by atoms with Crippen LogP contribution in [-0.2, 0) is 17.8 Å². The minimum Gasteiger partial charge on any atom is -0.357 e. The standard InChI is InChI=1S/C18H17BrN2O2/c1-20-17(22)16-10-13-4-2-3-5-14(13)11-21(16)18(23)12-6-8-15(19)9-7-12/h2-9,16H,10-11H2,1H3,(H,20,22)/t16-/m1/s1. The summed E-state index contributed by atoms with van der Waals surface area (Å²) in [5.41, 5.74) is 2.81. The molecule has 0 saturated heterocycles. The summed E-state index contributed by atoms with van der Waals surface area (Å²) in [4.78, 5) is 26.8. The average molecular weight is 373 g/mol. The highest BCUT2D eigenvalue weighted by molar-refractivity contribution is 9.10. The molecule has 0 bridgehead atoms. The van der Waals surface area contributed by atoms with Crippen LogP contribution in [0.5, 0.6) is 0 Å². The first-order valence-electron chi connectivity index (χ1n) is 7.45. The molecule has 0 aliphatic carbocycles. The Morgan fingerprint density at radius 2 is 1.74 bits per heavy atom. The zero-order chi connectivity index (χ0) is 16.4. The number of carbonyl (C=O) groups is 2. The molecule has 1 aliphatic rings. The van der Waals surface area contributed by atoms with Gasteiger partial charge in [0.15, 0.2) is 0 Å². The predicted molar refractivity (Wildman–Crippen MR) is 92.0 cm³/mol. The van der Waals surface area contributed by atoms with E-state index in [1.54, 1.807) is 24.1 Å². The number of nitrogens with one attached hydrogen (secondary N) is 1. The second kappa shape index (κ2) is 6.54. The van der Waals surface area contributed by atoms with E-state index in [2.05, 4.69) is 21.2 Å². The van der Waals surface area contributed by atoms with E-state index in [0.29, 0.717) is 18.5 Å². The first-order valence-corrected chi connectivity index (χ1v) is 8.24. The fraction of sp³-hybridized carbons (Fsp3) is 0.222. The van der Waals surface area contributed by atoms with Crippen LogP contribution in [-0.4, -0.2) is 29.8 Å². The Morgan fingerprint density at radius 3 is 2.39 bits per heavy atom. The Morgan fingerprint density at radius 1 is 1.09 bits per heavy atom. The number of hydrogen-bond donors (Lipinski definition) is 1. The van der Waals surface area contributed by atoms with Crippen LogP contribution in [0, 0.1) is 0 Å². The van der Waals surface area contributed by atoms with Crippen molar-refractivity contribution < 1.29 is 9.59 Å². The molecule has 3 rings (SSSR count). The van der Waals surface area contributed by atoms with Gasteiger partial charge in [0.25, 0.3) is 5.91 Å². The number of rotatable bonds is 2. The predicted octanol–water partition coefficient (Wildman–Crippen LogP) is 2.76. The van der Waals surface area contributed by atoms with E-state index in [9.17, 15) is 9.59 Å². The molecule has 2 aromatic carbocycles. The summed E-state index contributed by atoms with van der Waals surface area (Å²) in [7, 11) is 1.60. The smallest absolute Gasteiger partial charge is 0.254 e. The van der Waals surface area contributed by atoms with Crippen molar-refractivity contribution in [2.75, 3.05) is 7.05 Å². The monoisotopic (exact) mass is 372 g/mol.